The molecule has 20 heavy (non-hydrogen) atoms. The van der Waals surface area contributed by atoms with Gasteiger partial charge in [0.2, 0.25) is 0 Å². The monoisotopic (exact) mass is 288 g/mol. The van der Waals surface area contributed by atoms with Crippen molar-refractivity contribution < 1.29 is 19.8 Å². The number of carboxylic acid groups (broad SMARTS) is 2. The van der Waals surface area contributed by atoms with Crippen LogP contribution in [0.1, 0.15) is 20.7 Å². The van der Waals surface area contributed by atoms with Crippen LogP contribution < -0.4 is 5.19 Å². The SMILES string of the molecule is C[Si](C)(C)c1ccc2c(C(=O)O)ccc(C(=O)O)c2c1. The molecule has 4 nitrogen and oxygen atoms in total. The molecule has 0 heterocycles. The fourth-order valence-electron chi connectivity index (χ4n) is 2.19. The van der Waals surface area contributed by atoms with Gasteiger partial charge in [0.15, 0.2) is 0 Å². The first-order valence-electron chi connectivity index (χ1n) is 6.25. The van der Waals surface area contributed by atoms with Gasteiger partial charge in [0.05, 0.1) is 19.2 Å². The van der Waals surface area contributed by atoms with Crippen LogP contribution in [0, 0.1) is 0 Å². The smallest absolute Gasteiger partial charge is 0.336 e. The first-order chi connectivity index (χ1) is 9.21. The van der Waals surface area contributed by atoms with Crippen LogP contribution in [-0.2, 0) is 0 Å². The molecule has 0 bridgehead atoms. The third kappa shape index (κ3) is 2.44. The molecule has 0 spiro atoms. The molecule has 0 atom stereocenters. The van der Waals surface area contributed by atoms with Crippen molar-refractivity contribution in [1.82, 2.24) is 0 Å². The number of benzene rings is 2. The van der Waals surface area contributed by atoms with E-state index in [-0.39, 0.29) is 11.1 Å². The first kappa shape index (κ1) is 14.3. The predicted octanol–water partition coefficient (Wildman–Crippen LogP) is 2.78. The Kier molecular flexibility index (Phi) is 3.39. The van der Waals surface area contributed by atoms with E-state index >= 15 is 0 Å². The Morgan fingerprint density at radius 1 is 0.850 bits per heavy atom. The van der Waals surface area contributed by atoms with Crippen LogP contribution in [0.15, 0.2) is 30.3 Å². The minimum Gasteiger partial charge on any atom is -0.478 e. The minimum atomic E-state index is -1.59. The Balaban J connectivity index is 2.86. The lowest BCUT2D eigenvalue weighted by molar-refractivity contribution is 0.0684. The Hall–Kier alpha value is -2.14. The summed E-state index contributed by atoms with van der Waals surface area (Å²) >= 11 is 0. The predicted molar refractivity (Wildman–Crippen MR) is 80.8 cm³/mol. The molecule has 0 fully saturated rings. The van der Waals surface area contributed by atoms with Crippen molar-refractivity contribution in [2.24, 2.45) is 0 Å². The third-order valence-corrected chi connectivity index (χ3v) is 5.39. The van der Waals surface area contributed by atoms with Gasteiger partial charge in [-0.05, 0) is 22.9 Å². The summed E-state index contributed by atoms with van der Waals surface area (Å²) in [6.07, 6.45) is 0. The van der Waals surface area contributed by atoms with E-state index in [0.29, 0.717) is 10.8 Å². The lowest BCUT2D eigenvalue weighted by atomic mass is 9.99. The highest BCUT2D eigenvalue weighted by Gasteiger charge is 2.20. The molecular weight excluding hydrogens is 272 g/mol. The fourth-order valence-corrected chi connectivity index (χ4v) is 3.35. The molecule has 0 unspecified atom stereocenters. The molecule has 0 aliphatic carbocycles. The van der Waals surface area contributed by atoms with Crippen LogP contribution in [-0.4, -0.2) is 30.2 Å². The maximum Gasteiger partial charge on any atom is 0.336 e. The van der Waals surface area contributed by atoms with Crippen LogP contribution >= 0.6 is 0 Å². The van der Waals surface area contributed by atoms with E-state index in [0.717, 1.165) is 5.19 Å². The zero-order valence-corrected chi connectivity index (χ0v) is 12.6. The fraction of sp³-hybridized carbons (Fsp3) is 0.200. The molecule has 2 rings (SSSR count). The van der Waals surface area contributed by atoms with Gasteiger partial charge in [0.1, 0.15) is 0 Å². The quantitative estimate of drug-likeness (QED) is 0.852. The number of aromatic carboxylic acids is 2. The van der Waals surface area contributed by atoms with E-state index in [1.54, 1.807) is 6.07 Å². The van der Waals surface area contributed by atoms with Gasteiger partial charge in [0, 0.05) is 0 Å². The van der Waals surface area contributed by atoms with Gasteiger partial charge in [-0.25, -0.2) is 9.59 Å². The highest BCUT2D eigenvalue weighted by molar-refractivity contribution is 6.88. The Bertz CT molecular complexity index is 714. The molecule has 5 heteroatoms. The number of carboxylic acids is 2. The zero-order chi connectivity index (χ0) is 15.1. The number of hydrogen-bond acceptors (Lipinski definition) is 2. The number of fused-ring (bicyclic) bond motifs is 1. The zero-order valence-electron chi connectivity index (χ0n) is 11.6. The maximum absolute atomic E-state index is 11.3. The summed E-state index contributed by atoms with van der Waals surface area (Å²) < 4.78 is 0. The second-order valence-electron chi connectivity index (χ2n) is 5.78. The molecule has 0 amide bonds. The average molecular weight is 288 g/mol. The summed E-state index contributed by atoms with van der Waals surface area (Å²) in [5.41, 5.74) is 0.275. The average Bonchev–Trinajstić information content (AvgIpc) is 2.35. The van der Waals surface area contributed by atoms with Crippen LogP contribution in [0.25, 0.3) is 10.8 Å². The van der Waals surface area contributed by atoms with Gasteiger partial charge < -0.3 is 10.2 Å². The maximum atomic E-state index is 11.3. The molecule has 2 N–H and O–H groups in total. The lowest BCUT2D eigenvalue weighted by Crippen LogP contribution is -2.37. The largest absolute Gasteiger partial charge is 0.478 e. The number of rotatable bonds is 3. The highest BCUT2D eigenvalue weighted by atomic mass is 28.3. The van der Waals surface area contributed by atoms with Gasteiger partial charge in [-0.15, -0.1) is 0 Å². The molecule has 0 aromatic heterocycles. The Labute approximate surface area is 117 Å². The van der Waals surface area contributed by atoms with Gasteiger partial charge in [-0.2, -0.15) is 0 Å². The summed E-state index contributed by atoms with van der Waals surface area (Å²) in [6.45, 7) is 6.49. The van der Waals surface area contributed by atoms with Gasteiger partial charge in [0.25, 0.3) is 0 Å². The molecule has 2 aromatic rings. The van der Waals surface area contributed by atoms with E-state index in [9.17, 15) is 19.8 Å². The topological polar surface area (TPSA) is 74.6 Å². The van der Waals surface area contributed by atoms with Crippen molar-refractivity contribution in [2.75, 3.05) is 0 Å². The standard InChI is InChI=1S/C15H16O4Si/c1-20(2,3)9-4-5-10-11(14(16)17)6-7-12(15(18)19)13(10)8-9/h4-8H,1-3H3,(H,16,17)(H,18,19). The second-order valence-corrected chi connectivity index (χ2v) is 10.9. The van der Waals surface area contributed by atoms with Crippen molar-refractivity contribution >= 4 is 36.0 Å². The molecule has 0 aliphatic heterocycles. The van der Waals surface area contributed by atoms with Crippen molar-refractivity contribution in [3.8, 4) is 0 Å². The van der Waals surface area contributed by atoms with Crippen molar-refractivity contribution in [3.05, 3.63) is 41.5 Å². The van der Waals surface area contributed by atoms with Crippen LogP contribution in [0.4, 0.5) is 0 Å². The lowest BCUT2D eigenvalue weighted by Gasteiger charge is -2.18. The Morgan fingerprint density at radius 3 is 1.80 bits per heavy atom. The third-order valence-electron chi connectivity index (χ3n) is 3.34. The van der Waals surface area contributed by atoms with Crippen molar-refractivity contribution in [1.29, 1.82) is 0 Å². The van der Waals surface area contributed by atoms with E-state index in [1.165, 1.54) is 12.1 Å². The molecule has 104 valence electrons. The van der Waals surface area contributed by atoms with Crippen LogP contribution in [0.2, 0.25) is 19.6 Å². The van der Waals surface area contributed by atoms with Gasteiger partial charge in [-0.1, -0.05) is 43.0 Å². The van der Waals surface area contributed by atoms with Gasteiger partial charge in [-0.3, -0.25) is 0 Å². The van der Waals surface area contributed by atoms with Gasteiger partial charge >= 0.3 is 11.9 Å². The normalized spacial score (nSPS) is 11.6. The van der Waals surface area contributed by atoms with Crippen molar-refractivity contribution in [3.63, 3.8) is 0 Å². The first-order valence-corrected chi connectivity index (χ1v) is 9.75. The van der Waals surface area contributed by atoms with E-state index in [4.69, 9.17) is 0 Å². The number of hydrogen-bond donors (Lipinski definition) is 2. The van der Waals surface area contributed by atoms with E-state index in [1.807, 2.05) is 12.1 Å². The Morgan fingerprint density at radius 2 is 1.35 bits per heavy atom. The summed E-state index contributed by atoms with van der Waals surface area (Å²) in [4.78, 5) is 22.6. The van der Waals surface area contributed by atoms with Crippen LogP contribution in [0.3, 0.4) is 0 Å². The summed E-state index contributed by atoms with van der Waals surface area (Å²) in [5.74, 6) is -2.09. The summed E-state index contributed by atoms with van der Waals surface area (Å²) in [7, 11) is -1.59. The second kappa shape index (κ2) is 4.75. The van der Waals surface area contributed by atoms with Crippen molar-refractivity contribution in [2.45, 2.75) is 19.6 Å². The summed E-state index contributed by atoms with van der Waals surface area (Å²) in [5, 5.41) is 20.5. The summed E-state index contributed by atoms with van der Waals surface area (Å²) in [6, 6.07) is 8.17. The van der Waals surface area contributed by atoms with E-state index in [2.05, 4.69) is 19.6 Å². The highest BCUT2D eigenvalue weighted by Crippen LogP contribution is 2.23. The van der Waals surface area contributed by atoms with Crippen LogP contribution in [0.5, 0.6) is 0 Å². The number of carbonyl (C=O) groups is 2. The molecule has 0 saturated carbocycles. The molecular formula is C15H16O4Si. The molecule has 2 aromatic carbocycles. The molecule has 0 radical (unpaired) electrons. The van der Waals surface area contributed by atoms with E-state index < -0.39 is 20.0 Å². The molecule has 0 saturated heterocycles. The molecule has 0 aliphatic rings. The minimum absolute atomic E-state index is 0.132.